The molecule has 112 valence electrons. The van der Waals surface area contributed by atoms with Crippen molar-refractivity contribution < 1.29 is 17.9 Å². The van der Waals surface area contributed by atoms with E-state index in [1.54, 1.807) is 37.4 Å². The third-order valence-electron chi connectivity index (χ3n) is 2.56. The van der Waals surface area contributed by atoms with Gasteiger partial charge >= 0.3 is 5.97 Å². The number of nitrogens with one attached hydrogen (secondary N) is 2. The van der Waals surface area contributed by atoms with Crippen LogP contribution in [-0.4, -0.2) is 36.9 Å². The maximum atomic E-state index is 11.9. The number of ether oxygens (including phenoxy) is 1. The number of rotatable bonds is 6. The van der Waals surface area contributed by atoms with E-state index < -0.39 is 21.7 Å². The number of benzene rings is 1. The van der Waals surface area contributed by atoms with Crippen LogP contribution in [0, 0.1) is 0 Å². The lowest BCUT2D eigenvalue weighted by Crippen LogP contribution is -2.24. The van der Waals surface area contributed by atoms with Crippen LogP contribution in [0.5, 0.6) is 0 Å². The van der Waals surface area contributed by atoms with E-state index in [9.17, 15) is 13.2 Å². The first kappa shape index (κ1) is 15.0. The molecule has 2 rings (SSSR count). The molecule has 0 saturated carbocycles. The summed E-state index contributed by atoms with van der Waals surface area (Å²) in [6, 6.07) is 8.54. The van der Waals surface area contributed by atoms with Crippen molar-refractivity contribution in [1.29, 1.82) is 0 Å². The van der Waals surface area contributed by atoms with Crippen LogP contribution < -0.4 is 4.72 Å². The molecule has 1 aromatic heterocycles. The fourth-order valence-electron chi connectivity index (χ4n) is 1.74. The van der Waals surface area contributed by atoms with Crippen LogP contribution in [0.2, 0.25) is 0 Å². The molecule has 1 aromatic carbocycles. The topological polar surface area (TPSA) is 101 Å². The number of sulfonamides is 1. The van der Waals surface area contributed by atoms with Gasteiger partial charge < -0.3 is 4.74 Å². The highest BCUT2D eigenvalue weighted by molar-refractivity contribution is 7.93. The van der Waals surface area contributed by atoms with Crippen LogP contribution in [0.4, 0.5) is 5.69 Å². The monoisotopic (exact) mass is 309 g/mol. The lowest BCUT2D eigenvalue weighted by molar-refractivity contribution is -0.139. The van der Waals surface area contributed by atoms with E-state index in [1.807, 2.05) is 6.07 Å². The van der Waals surface area contributed by atoms with Crippen LogP contribution in [0.1, 0.15) is 6.92 Å². The summed E-state index contributed by atoms with van der Waals surface area (Å²) in [6.07, 6.45) is 1.60. The van der Waals surface area contributed by atoms with Gasteiger partial charge in [-0.25, -0.2) is 8.42 Å². The van der Waals surface area contributed by atoms with Crippen molar-refractivity contribution in [2.24, 2.45) is 0 Å². The first-order chi connectivity index (χ1) is 10.00. The Hall–Kier alpha value is -2.35. The van der Waals surface area contributed by atoms with Crippen LogP contribution in [0.25, 0.3) is 11.3 Å². The van der Waals surface area contributed by atoms with Gasteiger partial charge in [0.1, 0.15) is 0 Å². The predicted molar refractivity (Wildman–Crippen MR) is 78.1 cm³/mol. The van der Waals surface area contributed by atoms with Crippen LogP contribution in [0.15, 0.2) is 36.5 Å². The molecule has 0 amide bonds. The Kier molecular flexibility index (Phi) is 4.59. The van der Waals surface area contributed by atoms with Crippen molar-refractivity contribution in [1.82, 2.24) is 10.2 Å². The summed E-state index contributed by atoms with van der Waals surface area (Å²) in [7, 11) is -3.79. The van der Waals surface area contributed by atoms with Crippen molar-refractivity contribution in [2.75, 3.05) is 17.1 Å². The molecular weight excluding hydrogens is 294 g/mol. The molecule has 0 aliphatic carbocycles. The summed E-state index contributed by atoms with van der Waals surface area (Å²) < 4.78 is 30.7. The molecule has 21 heavy (non-hydrogen) atoms. The molecule has 0 radical (unpaired) electrons. The summed E-state index contributed by atoms with van der Waals surface area (Å²) in [4.78, 5) is 11.2. The van der Waals surface area contributed by atoms with Gasteiger partial charge in [-0.05, 0) is 25.1 Å². The molecule has 2 N–H and O–H groups in total. The second kappa shape index (κ2) is 6.40. The Morgan fingerprint density at radius 3 is 2.86 bits per heavy atom. The fraction of sp³-hybridized carbons (Fsp3) is 0.231. The Bertz CT molecular complexity index is 711. The van der Waals surface area contributed by atoms with Crippen LogP contribution in [-0.2, 0) is 19.6 Å². The van der Waals surface area contributed by atoms with E-state index in [0.717, 1.165) is 11.3 Å². The molecule has 8 heteroatoms. The summed E-state index contributed by atoms with van der Waals surface area (Å²) in [5.74, 6) is -1.50. The molecule has 2 aromatic rings. The normalized spacial score (nSPS) is 11.1. The van der Waals surface area contributed by atoms with Gasteiger partial charge in [-0.2, -0.15) is 5.10 Å². The number of hydrogen-bond acceptors (Lipinski definition) is 5. The van der Waals surface area contributed by atoms with Gasteiger partial charge in [0.25, 0.3) is 0 Å². The van der Waals surface area contributed by atoms with Gasteiger partial charge in [0.2, 0.25) is 10.0 Å². The zero-order chi connectivity index (χ0) is 15.3. The molecule has 1 heterocycles. The Morgan fingerprint density at radius 2 is 2.19 bits per heavy atom. The van der Waals surface area contributed by atoms with Crippen molar-refractivity contribution in [2.45, 2.75) is 6.92 Å². The van der Waals surface area contributed by atoms with Gasteiger partial charge in [-0.15, -0.1) is 0 Å². The minimum absolute atomic E-state index is 0.143. The maximum absolute atomic E-state index is 11.9. The van der Waals surface area contributed by atoms with E-state index in [-0.39, 0.29) is 6.61 Å². The number of carbonyl (C=O) groups excluding carboxylic acids is 1. The number of hydrogen-bond donors (Lipinski definition) is 2. The third-order valence-corrected chi connectivity index (χ3v) is 3.72. The first-order valence-corrected chi connectivity index (χ1v) is 7.91. The highest BCUT2D eigenvalue weighted by Crippen LogP contribution is 2.21. The average molecular weight is 309 g/mol. The lowest BCUT2D eigenvalue weighted by atomic mass is 10.1. The van der Waals surface area contributed by atoms with E-state index in [0.29, 0.717) is 5.69 Å². The van der Waals surface area contributed by atoms with Gasteiger partial charge in [0.15, 0.2) is 5.75 Å². The molecule has 0 bridgehead atoms. The molecular formula is C13H15N3O4S. The van der Waals surface area contributed by atoms with Gasteiger partial charge in [-0.3, -0.25) is 14.6 Å². The van der Waals surface area contributed by atoms with Crippen molar-refractivity contribution in [3.8, 4) is 11.3 Å². The van der Waals surface area contributed by atoms with Gasteiger partial charge in [0, 0.05) is 17.4 Å². The molecule has 0 unspecified atom stereocenters. The SMILES string of the molecule is CCOC(=O)CS(=O)(=O)Nc1cccc(-c2ccn[nH]2)c1. The number of nitrogens with zero attached hydrogens (tertiary/aromatic N) is 1. The molecule has 0 aliphatic rings. The second-order valence-corrected chi connectivity index (χ2v) is 5.94. The number of carbonyl (C=O) groups is 1. The zero-order valence-corrected chi connectivity index (χ0v) is 12.2. The van der Waals surface area contributed by atoms with Crippen molar-refractivity contribution in [3.05, 3.63) is 36.5 Å². The largest absolute Gasteiger partial charge is 0.465 e. The van der Waals surface area contributed by atoms with E-state index in [2.05, 4.69) is 19.7 Å². The molecule has 0 atom stereocenters. The van der Waals surface area contributed by atoms with E-state index >= 15 is 0 Å². The van der Waals surface area contributed by atoms with Gasteiger partial charge in [-0.1, -0.05) is 12.1 Å². The van der Waals surface area contributed by atoms with Crippen molar-refractivity contribution >= 4 is 21.7 Å². The number of aromatic amines is 1. The molecule has 0 saturated heterocycles. The Labute approximate surface area is 122 Å². The number of esters is 1. The molecule has 0 aliphatic heterocycles. The minimum atomic E-state index is -3.79. The summed E-state index contributed by atoms with van der Waals surface area (Å²) in [5.41, 5.74) is 1.91. The molecule has 0 spiro atoms. The van der Waals surface area contributed by atoms with Crippen LogP contribution >= 0.6 is 0 Å². The standard InChI is InChI=1S/C13H15N3O4S/c1-2-20-13(17)9-21(18,19)16-11-5-3-4-10(8-11)12-6-7-14-15-12/h3-8,16H,2,9H2,1H3,(H,14,15). The summed E-state index contributed by atoms with van der Waals surface area (Å²) in [6.45, 7) is 1.76. The minimum Gasteiger partial charge on any atom is -0.465 e. The maximum Gasteiger partial charge on any atom is 0.323 e. The number of anilines is 1. The third kappa shape index (κ3) is 4.32. The highest BCUT2D eigenvalue weighted by Gasteiger charge is 2.17. The van der Waals surface area contributed by atoms with Crippen LogP contribution in [0.3, 0.4) is 0 Å². The van der Waals surface area contributed by atoms with E-state index in [1.165, 1.54) is 0 Å². The first-order valence-electron chi connectivity index (χ1n) is 6.26. The highest BCUT2D eigenvalue weighted by atomic mass is 32.2. The second-order valence-electron chi connectivity index (χ2n) is 4.22. The molecule has 0 fully saturated rings. The predicted octanol–water partition coefficient (Wildman–Crippen LogP) is 1.38. The summed E-state index contributed by atoms with van der Waals surface area (Å²) >= 11 is 0. The molecule has 7 nitrogen and oxygen atoms in total. The summed E-state index contributed by atoms with van der Waals surface area (Å²) in [5, 5.41) is 6.63. The fourth-order valence-corrected chi connectivity index (χ4v) is 2.69. The van der Waals surface area contributed by atoms with E-state index in [4.69, 9.17) is 0 Å². The Morgan fingerprint density at radius 1 is 1.38 bits per heavy atom. The quantitative estimate of drug-likeness (QED) is 0.785. The average Bonchev–Trinajstić information content (AvgIpc) is 2.91. The lowest BCUT2D eigenvalue weighted by Gasteiger charge is -2.08. The zero-order valence-electron chi connectivity index (χ0n) is 11.4. The smallest absolute Gasteiger partial charge is 0.323 e. The number of aromatic nitrogens is 2. The van der Waals surface area contributed by atoms with Crippen molar-refractivity contribution in [3.63, 3.8) is 0 Å². The Balaban J connectivity index is 2.13. The number of H-pyrrole nitrogens is 1. The van der Waals surface area contributed by atoms with Gasteiger partial charge in [0.05, 0.1) is 12.3 Å².